The molecule has 2 heterocycles. The molecule has 6 heteroatoms. The van der Waals surface area contributed by atoms with Crippen LogP contribution >= 0.6 is 0 Å². The third-order valence-corrected chi connectivity index (χ3v) is 4.62. The van der Waals surface area contributed by atoms with Gasteiger partial charge in [0, 0.05) is 17.6 Å². The Morgan fingerprint density at radius 3 is 2.43 bits per heavy atom. The minimum Gasteiger partial charge on any atom is -0.508 e. The second-order valence-corrected chi connectivity index (χ2v) is 6.68. The van der Waals surface area contributed by atoms with Crippen molar-refractivity contribution in [2.75, 3.05) is 0 Å². The lowest BCUT2D eigenvalue weighted by atomic mass is 10.1. The second kappa shape index (κ2) is 7.08. The zero-order chi connectivity index (χ0) is 19.7. The molecule has 1 fully saturated rings. The van der Waals surface area contributed by atoms with E-state index in [-0.39, 0.29) is 23.9 Å². The van der Waals surface area contributed by atoms with Gasteiger partial charge >= 0.3 is 6.03 Å². The largest absolute Gasteiger partial charge is 0.508 e. The van der Waals surface area contributed by atoms with Gasteiger partial charge in [0.25, 0.3) is 5.91 Å². The standard InChI is InChI=1S/C22H19N3O3/c1-15-4-6-16(7-5-15)14-25-21(27)20(23-22(25)28)13-18-3-2-12-24(18)17-8-10-19(26)11-9-17/h2-13,26H,14H2,1H3,(H,23,28)/b20-13+. The van der Waals surface area contributed by atoms with Crippen molar-refractivity contribution in [2.45, 2.75) is 13.5 Å². The molecule has 0 bridgehead atoms. The van der Waals surface area contributed by atoms with Gasteiger partial charge in [0.1, 0.15) is 11.4 Å². The number of aromatic hydroxyl groups is 1. The van der Waals surface area contributed by atoms with Crippen LogP contribution in [0.5, 0.6) is 5.75 Å². The molecule has 1 aromatic heterocycles. The van der Waals surface area contributed by atoms with Gasteiger partial charge < -0.3 is 15.0 Å². The Kier molecular flexibility index (Phi) is 4.45. The number of hydrogen-bond donors (Lipinski definition) is 2. The third-order valence-electron chi connectivity index (χ3n) is 4.62. The summed E-state index contributed by atoms with van der Waals surface area (Å²) in [6.45, 7) is 2.21. The number of phenolic OH excluding ortho intramolecular Hbond substituents is 1. The Hall–Kier alpha value is -3.80. The number of carbonyl (C=O) groups excluding carboxylic acids is 2. The molecule has 3 aromatic rings. The summed E-state index contributed by atoms with van der Waals surface area (Å²) in [5, 5.41) is 12.1. The molecule has 0 atom stereocenters. The summed E-state index contributed by atoms with van der Waals surface area (Å²) in [6.07, 6.45) is 3.51. The highest BCUT2D eigenvalue weighted by Crippen LogP contribution is 2.21. The topological polar surface area (TPSA) is 74.6 Å². The van der Waals surface area contributed by atoms with Crippen molar-refractivity contribution in [3.05, 3.63) is 89.4 Å². The molecule has 0 saturated carbocycles. The highest BCUT2D eigenvalue weighted by atomic mass is 16.3. The maximum atomic E-state index is 12.7. The molecule has 0 spiro atoms. The Labute approximate surface area is 162 Å². The van der Waals surface area contributed by atoms with Crippen molar-refractivity contribution >= 4 is 18.0 Å². The normalized spacial score (nSPS) is 15.3. The lowest BCUT2D eigenvalue weighted by molar-refractivity contribution is -0.123. The molecule has 3 amide bonds. The fourth-order valence-corrected chi connectivity index (χ4v) is 3.10. The molecule has 2 aromatic carbocycles. The van der Waals surface area contributed by atoms with Crippen LogP contribution in [0.4, 0.5) is 4.79 Å². The highest BCUT2D eigenvalue weighted by Gasteiger charge is 2.33. The molecular formula is C22H19N3O3. The summed E-state index contributed by atoms with van der Waals surface area (Å²) in [4.78, 5) is 26.2. The van der Waals surface area contributed by atoms with E-state index < -0.39 is 6.03 Å². The number of amides is 3. The van der Waals surface area contributed by atoms with Crippen LogP contribution in [0.2, 0.25) is 0 Å². The number of phenols is 1. The summed E-state index contributed by atoms with van der Waals surface area (Å²) in [7, 11) is 0. The lowest BCUT2D eigenvalue weighted by Crippen LogP contribution is -2.30. The van der Waals surface area contributed by atoms with Crippen LogP contribution in [0, 0.1) is 6.92 Å². The van der Waals surface area contributed by atoms with Crippen molar-refractivity contribution in [1.29, 1.82) is 0 Å². The monoisotopic (exact) mass is 373 g/mol. The number of carbonyl (C=O) groups is 2. The van der Waals surface area contributed by atoms with Gasteiger partial charge in [-0.05, 0) is 55.0 Å². The van der Waals surface area contributed by atoms with E-state index in [0.717, 1.165) is 22.5 Å². The summed E-state index contributed by atoms with van der Waals surface area (Å²) in [6, 6.07) is 17.7. The summed E-state index contributed by atoms with van der Waals surface area (Å²) >= 11 is 0. The Bertz CT molecular complexity index is 1060. The molecule has 0 aliphatic carbocycles. The van der Waals surface area contributed by atoms with E-state index in [2.05, 4.69) is 5.32 Å². The first-order chi connectivity index (χ1) is 13.5. The van der Waals surface area contributed by atoms with Gasteiger partial charge in [-0.15, -0.1) is 0 Å². The number of aryl methyl sites for hydroxylation is 1. The van der Waals surface area contributed by atoms with E-state index in [9.17, 15) is 14.7 Å². The summed E-state index contributed by atoms with van der Waals surface area (Å²) < 4.78 is 1.87. The van der Waals surface area contributed by atoms with Crippen LogP contribution < -0.4 is 5.32 Å². The van der Waals surface area contributed by atoms with Crippen LogP contribution in [0.1, 0.15) is 16.8 Å². The van der Waals surface area contributed by atoms with Crippen molar-refractivity contribution in [2.24, 2.45) is 0 Å². The number of benzene rings is 2. The summed E-state index contributed by atoms with van der Waals surface area (Å²) in [5.41, 5.74) is 3.82. The van der Waals surface area contributed by atoms with Gasteiger partial charge in [-0.2, -0.15) is 0 Å². The van der Waals surface area contributed by atoms with Gasteiger partial charge in [0.15, 0.2) is 0 Å². The number of aromatic nitrogens is 1. The predicted octanol–water partition coefficient (Wildman–Crippen LogP) is 3.58. The molecule has 1 saturated heterocycles. The molecule has 1 aliphatic heterocycles. The molecule has 6 nitrogen and oxygen atoms in total. The van der Waals surface area contributed by atoms with Gasteiger partial charge in [-0.25, -0.2) is 4.79 Å². The van der Waals surface area contributed by atoms with Crippen molar-refractivity contribution in [3.8, 4) is 11.4 Å². The van der Waals surface area contributed by atoms with E-state index in [0.29, 0.717) is 0 Å². The first kappa shape index (κ1) is 17.6. The van der Waals surface area contributed by atoms with Gasteiger partial charge in [0.05, 0.1) is 6.54 Å². The number of rotatable bonds is 4. The first-order valence-corrected chi connectivity index (χ1v) is 8.88. The van der Waals surface area contributed by atoms with Crippen molar-refractivity contribution < 1.29 is 14.7 Å². The molecule has 2 N–H and O–H groups in total. The van der Waals surface area contributed by atoms with E-state index in [1.165, 1.54) is 4.90 Å². The number of hydrogen-bond acceptors (Lipinski definition) is 3. The minimum atomic E-state index is -0.431. The fraction of sp³-hybridized carbons (Fsp3) is 0.0909. The molecule has 4 rings (SSSR count). The predicted molar refractivity (Wildman–Crippen MR) is 106 cm³/mol. The highest BCUT2D eigenvalue weighted by molar-refractivity contribution is 6.13. The molecule has 0 unspecified atom stereocenters. The van der Waals surface area contributed by atoms with Crippen LogP contribution in [0.3, 0.4) is 0 Å². The molecule has 28 heavy (non-hydrogen) atoms. The van der Waals surface area contributed by atoms with Gasteiger partial charge in [-0.1, -0.05) is 29.8 Å². The maximum Gasteiger partial charge on any atom is 0.329 e. The zero-order valence-corrected chi connectivity index (χ0v) is 15.3. The van der Waals surface area contributed by atoms with E-state index in [4.69, 9.17) is 0 Å². The Morgan fingerprint density at radius 1 is 1.00 bits per heavy atom. The fourth-order valence-electron chi connectivity index (χ4n) is 3.10. The van der Waals surface area contributed by atoms with E-state index in [1.54, 1.807) is 30.3 Å². The van der Waals surface area contributed by atoms with Gasteiger partial charge in [-0.3, -0.25) is 9.69 Å². The van der Waals surface area contributed by atoms with Crippen LogP contribution in [-0.4, -0.2) is 26.5 Å². The molecule has 0 radical (unpaired) electrons. The van der Waals surface area contributed by atoms with E-state index in [1.807, 2.05) is 54.1 Å². The summed E-state index contributed by atoms with van der Waals surface area (Å²) in [5.74, 6) is -0.176. The molecular weight excluding hydrogens is 354 g/mol. The SMILES string of the molecule is Cc1ccc(CN2C(=O)N/C(=C/c3cccn3-c3ccc(O)cc3)C2=O)cc1. The number of imide groups is 1. The van der Waals surface area contributed by atoms with Gasteiger partial charge in [0.2, 0.25) is 0 Å². The van der Waals surface area contributed by atoms with Crippen LogP contribution in [0.15, 0.2) is 72.6 Å². The number of nitrogens with zero attached hydrogens (tertiary/aromatic N) is 2. The lowest BCUT2D eigenvalue weighted by Gasteiger charge is -2.12. The van der Waals surface area contributed by atoms with E-state index >= 15 is 0 Å². The zero-order valence-electron chi connectivity index (χ0n) is 15.3. The first-order valence-electron chi connectivity index (χ1n) is 8.88. The third kappa shape index (κ3) is 3.40. The minimum absolute atomic E-state index is 0.181. The Balaban J connectivity index is 1.59. The number of nitrogens with one attached hydrogen (secondary N) is 1. The van der Waals surface area contributed by atoms with Crippen molar-refractivity contribution in [1.82, 2.24) is 14.8 Å². The molecule has 1 aliphatic rings. The smallest absolute Gasteiger partial charge is 0.329 e. The molecule has 140 valence electrons. The average molecular weight is 373 g/mol. The second-order valence-electron chi connectivity index (χ2n) is 6.68. The number of urea groups is 1. The quantitative estimate of drug-likeness (QED) is 0.542. The average Bonchev–Trinajstić information content (AvgIpc) is 3.24. The van der Waals surface area contributed by atoms with Crippen LogP contribution in [0.25, 0.3) is 11.8 Å². The van der Waals surface area contributed by atoms with Crippen molar-refractivity contribution in [3.63, 3.8) is 0 Å². The maximum absolute atomic E-state index is 12.7. The van der Waals surface area contributed by atoms with Crippen LogP contribution in [-0.2, 0) is 11.3 Å². The Morgan fingerprint density at radius 2 is 1.71 bits per heavy atom.